The summed E-state index contributed by atoms with van der Waals surface area (Å²) in [6.07, 6.45) is 1.52. The lowest BCUT2D eigenvalue weighted by molar-refractivity contribution is -0.384. The molecule has 0 spiro atoms. The number of likely N-dealkylation sites (tertiary alicyclic amines) is 1. The van der Waals surface area contributed by atoms with Gasteiger partial charge in [-0.3, -0.25) is 24.5 Å². The summed E-state index contributed by atoms with van der Waals surface area (Å²) in [7, 11) is 3.76. The summed E-state index contributed by atoms with van der Waals surface area (Å²) in [6.45, 7) is 0.210. The molecule has 184 valence electrons. The zero-order chi connectivity index (χ0) is 25.7. The van der Waals surface area contributed by atoms with E-state index < -0.39 is 34.4 Å². The molecular formula is C25H27N3O7. The Kier molecular flexibility index (Phi) is 7.85. The molecule has 1 atom stereocenters. The van der Waals surface area contributed by atoms with E-state index in [1.165, 1.54) is 29.2 Å². The van der Waals surface area contributed by atoms with Crippen molar-refractivity contribution in [3.63, 3.8) is 0 Å². The number of unbranched alkanes of at least 4 members (excludes halogenated alkanes) is 2. The number of carboxylic acid groups (broad SMARTS) is 1. The predicted molar refractivity (Wildman–Crippen MR) is 129 cm³/mol. The minimum Gasteiger partial charge on any atom is -0.507 e. The van der Waals surface area contributed by atoms with Crippen LogP contribution in [0.4, 0.5) is 11.4 Å². The number of aliphatic hydroxyl groups excluding tert-OH is 1. The van der Waals surface area contributed by atoms with E-state index in [2.05, 4.69) is 0 Å². The topological polar surface area (TPSA) is 141 Å². The molecule has 1 saturated heterocycles. The molecule has 0 radical (unpaired) electrons. The fourth-order valence-corrected chi connectivity index (χ4v) is 4.04. The number of carbonyl (C=O) groups excluding carboxylic acids is 2. The molecule has 1 unspecified atom stereocenters. The van der Waals surface area contributed by atoms with Gasteiger partial charge in [0.2, 0.25) is 0 Å². The predicted octanol–water partition coefficient (Wildman–Crippen LogP) is 3.73. The average molecular weight is 482 g/mol. The minimum atomic E-state index is -0.894. The zero-order valence-electron chi connectivity index (χ0n) is 19.5. The highest BCUT2D eigenvalue weighted by Gasteiger charge is 2.45. The van der Waals surface area contributed by atoms with E-state index in [0.29, 0.717) is 24.8 Å². The number of anilines is 1. The maximum atomic E-state index is 13.0. The van der Waals surface area contributed by atoms with Crippen molar-refractivity contribution >= 4 is 34.8 Å². The fraction of sp³-hybridized carbons (Fsp3) is 0.320. The Morgan fingerprint density at radius 1 is 1.00 bits per heavy atom. The molecule has 1 aliphatic heterocycles. The minimum absolute atomic E-state index is 0.0222. The number of hydrogen-bond donors (Lipinski definition) is 2. The van der Waals surface area contributed by atoms with Gasteiger partial charge in [-0.1, -0.05) is 18.6 Å². The highest BCUT2D eigenvalue weighted by atomic mass is 16.6. The first-order valence-electron chi connectivity index (χ1n) is 11.1. The Bertz CT molecular complexity index is 1150. The van der Waals surface area contributed by atoms with Crippen molar-refractivity contribution < 1.29 is 29.5 Å². The first-order chi connectivity index (χ1) is 16.6. The van der Waals surface area contributed by atoms with E-state index in [1.54, 1.807) is 12.1 Å². The van der Waals surface area contributed by atoms with Crippen molar-refractivity contribution in [2.24, 2.45) is 0 Å². The smallest absolute Gasteiger partial charge is 0.303 e. The van der Waals surface area contributed by atoms with Crippen molar-refractivity contribution in [1.29, 1.82) is 0 Å². The average Bonchev–Trinajstić information content (AvgIpc) is 3.08. The molecule has 2 aromatic carbocycles. The van der Waals surface area contributed by atoms with Crippen LogP contribution in [0.25, 0.3) is 5.76 Å². The monoisotopic (exact) mass is 481 g/mol. The number of ketones is 1. The van der Waals surface area contributed by atoms with Crippen LogP contribution in [0.2, 0.25) is 0 Å². The number of nitro benzene ring substituents is 1. The molecule has 0 saturated carbocycles. The zero-order valence-corrected chi connectivity index (χ0v) is 19.5. The van der Waals surface area contributed by atoms with Crippen LogP contribution < -0.4 is 4.90 Å². The van der Waals surface area contributed by atoms with Crippen LogP contribution >= 0.6 is 0 Å². The molecule has 1 heterocycles. The number of rotatable bonds is 10. The van der Waals surface area contributed by atoms with Crippen molar-refractivity contribution in [3.8, 4) is 0 Å². The second-order valence-electron chi connectivity index (χ2n) is 8.49. The third kappa shape index (κ3) is 5.65. The van der Waals surface area contributed by atoms with Gasteiger partial charge < -0.3 is 20.0 Å². The molecular weight excluding hydrogens is 454 g/mol. The Hall–Kier alpha value is -4.21. The summed E-state index contributed by atoms with van der Waals surface area (Å²) in [4.78, 5) is 50.4. The number of Topliss-reactive ketones (excluding diaryl/α,β-unsaturated/α-hetero) is 1. The largest absolute Gasteiger partial charge is 0.507 e. The number of carboxylic acids is 1. The number of nitro groups is 1. The molecule has 1 aliphatic rings. The first-order valence-corrected chi connectivity index (χ1v) is 11.1. The second-order valence-corrected chi connectivity index (χ2v) is 8.49. The Balaban J connectivity index is 2.00. The van der Waals surface area contributed by atoms with Gasteiger partial charge in [-0.15, -0.1) is 0 Å². The molecule has 1 amide bonds. The summed E-state index contributed by atoms with van der Waals surface area (Å²) < 4.78 is 0. The lowest BCUT2D eigenvalue weighted by atomic mass is 9.95. The number of aliphatic hydroxyl groups is 1. The van der Waals surface area contributed by atoms with Crippen molar-refractivity contribution in [2.45, 2.75) is 31.7 Å². The van der Waals surface area contributed by atoms with E-state index in [0.717, 1.165) is 5.69 Å². The van der Waals surface area contributed by atoms with Gasteiger partial charge in [0.15, 0.2) is 0 Å². The summed E-state index contributed by atoms with van der Waals surface area (Å²) >= 11 is 0. The molecule has 3 rings (SSSR count). The third-order valence-electron chi connectivity index (χ3n) is 5.91. The Labute approximate surface area is 202 Å². The van der Waals surface area contributed by atoms with Crippen LogP contribution in [-0.4, -0.2) is 58.3 Å². The number of non-ortho nitro benzene ring substituents is 1. The van der Waals surface area contributed by atoms with Crippen molar-refractivity contribution in [1.82, 2.24) is 4.90 Å². The SMILES string of the molecule is CN(C)c1ccc(C2/C(=C(\O)c3ccc([N+](=O)[O-])cc3)C(=O)C(=O)N2CCCCCC(=O)O)cc1. The molecule has 35 heavy (non-hydrogen) atoms. The molecule has 10 nitrogen and oxygen atoms in total. The maximum Gasteiger partial charge on any atom is 0.303 e. The number of hydrogen-bond acceptors (Lipinski definition) is 7. The van der Waals surface area contributed by atoms with Crippen LogP contribution in [0, 0.1) is 10.1 Å². The van der Waals surface area contributed by atoms with Gasteiger partial charge in [-0.25, -0.2) is 0 Å². The standard InChI is InChI=1S/C25H27N3O7/c1-26(2)18-11-7-16(8-12-18)22-21(23(31)17-9-13-19(14-10-17)28(34)35)24(32)25(33)27(22)15-5-3-4-6-20(29)30/h7-14,22,31H,3-6,15H2,1-2H3,(H,29,30)/b23-21+. The summed E-state index contributed by atoms with van der Waals surface area (Å²) in [6, 6.07) is 11.5. The third-order valence-corrected chi connectivity index (χ3v) is 5.91. The number of nitrogens with zero attached hydrogens (tertiary/aromatic N) is 3. The highest BCUT2D eigenvalue weighted by Crippen LogP contribution is 2.40. The van der Waals surface area contributed by atoms with Crippen LogP contribution in [0.15, 0.2) is 54.1 Å². The maximum absolute atomic E-state index is 13.0. The molecule has 0 aliphatic carbocycles. The van der Waals surface area contributed by atoms with Gasteiger partial charge in [0.25, 0.3) is 17.4 Å². The van der Waals surface area contributed by atoms with E-state index in [-0.39, 0.29) is 29.8 Å². The van der Waals surface area contributed by atoms with Gasteiger partial charge in [0.1, 0.15) is 5.76 Å². The van der Waals surface area contributed by atoms with Crippen LogP contribution in [-0.2, 0) is 14.4 Å². The molecule has 0 bridgehead atoms. The van der Waals surface area contributed by atoms with Gasteiger partial charge in [0.05, 0.1) is 16.5 Å². The van der Waals surface area contributed by atoms with Crippen LogP contribution in [0.5, 0.6) is 0 Å². The van der Waals surface area contributed by atoms with Crippen molar-refractivity contribution in [2.75, 3.05) is 25.5 Å². The van der Waals surface area contributed by atoms with E-state index in [4.69, 9.17) is 5.11 Å². The number of carbonyl (C=O) groups is 3. The lowest BCUT2D eigenvalue weighted by Crippen LogP contribution is -2.30. The fourth-order valence-electron chi connectivity index (χ4n) is 4.04. The molecule has 0 aromatic heterocycles. The van der Waals surface area contributed by atoms with Gasteiger partial charge in [-0.2, -0.15) is 0 Å². The first kappa shape index (κ1) is 25.4. The van der Waals surface area contributed by atoms with E-state index in [1.807, 2.05) is 31.1 Å². The molecule has 1 fully saturated rings. The number of benzene rings is 2. The van der Waals surface area contributed by atoms with E-state index in [9.17, 15) is 29.6 Å². The Morgan fingerprint density at radius 3 is 2.17 bits per heavy atom. The van der Waals surface area contributed by atoms with Crippen LogP contribution in [0.1, 0.15) is 42.9 Å². The van der Waals surface area contributed by atoms with Gasteiger partial charge in [-0.05, 0) is 42.7 Å². The summed E-state index contributed by atoms with van der Waals surface area (Å²) in [5.41, 5.74) is 1.47. The second kappa shape index (κ2) is 10.8. The van der Waals surface area contributed by atoms with Crippen molar-refractivity contribution in [3.05, 3.63) is 75.3 Å². The van der Waals surface area contributed by atoms with Gasteiger partial charge >= 0.3 is 5.97 Å². The lowest BCUT2D eigenvalue weighted by Gasteiger charge is -2.26. The molecule has 2 aromatic rings. The normalized spacial score (nSPS) is 17.0. The van der Waals surface area contributed by atoms with E-state index >= 15 is 0 Å². The number of amides is 1. The van der Waals surface area contributed by atoms with Gasteiger partial charge in [0, 0.05) is 50.4 Å². The molecule has 2 N–H and O–H groups in total. The number of aliphatic carboxylic acids is 1. The summed E-state index contributed by atoms with van der Waals surface area (Å²) in [5.74, 6) is -2.90. The Morgan fingerprint density at radius 2 is 1.63 bits per heavy atom. The highest BCUT2D eigenvalue weighted by molar-refractivity contribution is 6.46. The molecule has 10 heteroatoms. The quantitative estimate of drug-likeness (QED) is 0.131. The summed E-state index contributed by atoms with van der Waals surface area (Å²) in [5, 5.41) is 30.8. The van der Waals surface area contributed by atoms with Crippen LogP contribution in [0.3, 0.4) is 0 Å².